The van der Waals surface area contributed by atoms with Gasteiger partial charge in [-0.2, -0.15) is 0 Å². The molecule has 1 aromatic rings. The summed E-state index contributed by atoms with van der Waals surface area (Å²) < 4.78 is 1.23. The minimum Gasteiger partial charge on any atom is -0.307 e. The third-order valence-corrected chi connectivity index (χ3v) is 4.37. The number of thiophene rings is 1. The monoisotopic (exact) mass is 245 g/mol. The van der Waals surface area contributed by atoms with Crippen LogP contribution in [-0.4, -0.2) is 6.54 Å². The van der Waals surface area contributed by atoms with Crippen molar-refractivity contribution in [2.24, 2.45) is 0 Å². The number of halogens is 1. The Morgan fingerprint density at radius 2 is 2.42 bits per heavy atom. The zero-order valence-corrected chi connectivity index (χ0v) is 9.46. The van der Waals surface area contributed by atoms with Gasteiger partial charge in [0.25, 0.3) is 0 Å². The first-order valence-corrected chi connectivity index (χ1v) is 5.82. The molecule has 0 bridgehead atoms. The van der Waals surface area contributed by atoms with Crippen LogP contribution >= 0.6 is 27.3 Å². The second-order valence-electron chi connectivity index (χ2n) is 3.47. The van der Waals surface area contributed by atoms with Crippen molar-refractivity contribution in [3.63, 3.8) is 0 Å². The van der Waals surface area contributed by atoms with Crippen LogP contribution in [0.3, 0.4) is 0 Å². The molecule has 1 nitrogen and oxygen atoms in total. The van der Waals surface area contributed by atoms with Crippen LogP contribution in [-0.2, 0) is 5.54 Å². The molecule has 1 atom stereocenters. The van der Waals surface area contributed by atoms with Crippen molar-refractivity contribution >= 4 is 27.3 Å². The van der Waals surface area contributed by atoms with E-state index in [1.165, 1.54) is 21.5 Å². The number of hydrogen-bond acceptors (Lipinski definition) is 2. The molecule has 0 saturated carbocycles. The van der Waals surface area contributed by atoms with E-state index < -0.39 is 0 Å². The smallest absolute Gasteiger partial charge is 0.0702 e. The van der Waals surface area contributed by atoms with Gasteiger partial charge in [-0.15, -0.1) is 11.3 Å². The predicted octanol–water partition coefficient (Wildman–Crippen LogP) is 3.11. The van der Waals surface area contributed by atoms with E-state index in [-0.39, 0.29) is 5.54 Å². The molecule has 3 heteroatoms. The lowest BCUT2D eigenvalue weighted by Gasteiger charge is -2.22. The van der Waals surface area contributed by atoms with Crippen molar-refractivity contribution in [1.82, 2.24) is 5.32 Å². The molecule has 1 fully saturated rings. The lowest BCUT2D eigenvalue weighted by molar-refractivity contribution is 0.444. The van der Waals surface area contributed by atoms with Crippen molar-refractivity contribution in [3.05, 3.63) is 20.8 Å². The normalized spacial score (nSPS) is 29.5. The molecule has 1 saturated heterocycles. The maximum atomic E-state index is 3.55. The van der Waals surface area contributed by atoms with E-state index in [0.29, 0.717) is 0 Å². The number of rotatable bonds is 1. The summed E-state index contributed by atoms with van der Waals surface area (Å²) in [6, 6.07) is 4.35. The quantitative estimate of drug-likeness (QED) is 0.802. The van der Waals surface area contributed by atoms with Crippen LogP contribution in [0.15, 0.2) is 15.9 Å². The van der Waals surface area contributed by atoms with Gasteiger partial charge in [-0.05, 0) is 54.4 Å². The lowest BCUT2D eigenvalue weighted by atomic mass is 9.99. The second-order valence-corrected chi connectivity index (χ2v) is 5.93. The molecule has 1 aliphatic rings. The summed E-state index contributed by atoms with van der Waals surface area (Å²) in [6.07, 6.45) is 2.56. The molecule has 0 aliphatic carbocycles. The van der Waals surface area contributed by atoms with Gasteiger partial charge in [-0.1, -0.05) is 0 Å². The Labute approximate surface area is 85.3 Å². The first-order chi connectivity index (χ1) is 5.71. The maximum Gasteiger partial charge on any atom is 0.0702 e. The van der Waals surface area contributed by atoms with Crippen molar-refractivity contribution in [2.45, 2.75) is 25.3 Å². The molecule has 1 aliphatic heterocycles. The number of nitrogens with one attached hydrogen (secondary N) is 1. The van der Waals surface area contributed by atoms with Gasteiger partial charge >= 0.3 is 0 Å². The highest BCUT2D eigenvalue weighted by atomic mass is 79.9. The van der Waals surface area contributed by atoms with Gasteiger partial charge in [0.1, 0.15) is 0 Å². The van der Waals surface area contributed by atoms with Crippen LogP contribution in [0.1, 0.15) is 24.6 Å². The average molecular weight is 246 g/mol. The molecule has 0 radical (unpaired) electrons. The summed E-state index contributed by atoms with van der Waals surface area (Å²) in [5, 5.41) is 3.55. The van der Waals surface area contributed by atoms with Gasteiger partial charge in [0.05, 0.1) is 9.33 Å². The van der Waals surface area contributed by atoms with Crippen LogP contribution < -0.4 is 5.32 Å². The molecule has 0 spiro atoms. The summed E-state index contributed by atoms with van der Waals surface area (Å²) in [7, 11) is 0. The van der Waals surface area contributed by atoms with Crippen molar-refractivity contribution < 1.29 is 0 Å². The van der Waals surface area contributed by atoms with E-state index in [2.05, 4.69) is 40.3 Å². The summed E-state index contributed by atoms with van der Waals surface area (Å²) in [6.45, 7) is 3.45. The molecule has 1 aromatic heterocycles. The molecular formula is C9H12BrNS. The van der Waals surface area contributed by atoms with Crippen molar-refractivity contribution in [3.8, 4) is 0 Å². The molecule has 12 heavy (non-hydrogen) atoms. The second kappa shape index (κ2) is 3.13. The van der Waals surface area contributed by atoms with Crippen molar-refractivity contribution in [1.29, 1.82) is 0 Å². The zero-order valence-electron chi connectivity index (χ0n) is 7.06. The van der Waals surface area contributed by atoms with Crippen LogP contribution in [0, 0.1) is 0 Å². The topological polar surface area (TPSA) is 12.0 Å². The van der Waals surface area contributed by atoms with Crippen LogP contribution in [0.2, 0.25) is 0 Å². The van der Waals surface area contributed by atoms with E-state index in [1.807, 2.05) is 11.3 Å². The molecular weight excluding hydrogens is 234 g/mol. The van der Waals surface area contributed by atoms with E-state index in [1.54, 1.807) is 0 Å². The SMILES string of the molecule is CC1(c2ccc(Br)s2)CCCN1. The lowest BCUT2D eigenvalue weighted by Crippen LogP contribution is -2.31. The van der Waals surface area contributed by atoms with Gasteiger partial charge in [-0.25, -0.2) is 0 Å². The van der Waals surface area contributed by atoms with E-state index >= 15 is 0 Å². The Balaban J connectivity index is 2.28. The van der Waals surface area contributed by atoms with E-state index in [0.717, 1.165) is 6.54 Å². The van der Waals surface area contributed by atoms with Gasteiger partial charge in [0, 0.05) is 4.88 Å². The van der Waals surface area contributed by atoms with Crippen LogP contribution in [0.4, 0.5) is 0 Å². The highest BCUT2D eigenvalue weighted by Crippen LogP contribution is 2.36. The summed E-state index contributed by atoms with van der Waals surface area (Å²) in [5.74, 6) is 0. The Morgan fingerprint density at radius 1 is 1.58 bits per heavy atom. The van der Waals surface area contributed by atoms with E-state index in [9.17, 15) is 0 Å². The van der Waals surface area contributed by atoms with Gasteiger partial charge in [0.2, 0.25) is 0 Å². The first kappa shape index (κ1) is 8.73. The third-order valence-electron chi connectivity index (χ3n) is 2.49. The molecule has 1 unspecified atom stereocenters. The molecule has 0 aromatic carbocycles. The minimum atomic E-state index is 0.247. The summed E-state index contributed by atoms with van der Waals surface area (Å²) in [5.41, 5.74) is 0.247. The molecule has 66 valence electrons. The largest absolute Gasteiger partial charge is 0.307 e. The predicted molar refractivity (Wildman–Crippen MR) is 56.6 cm³/mol. The van der Waals surface area contributed by atoms with Crippen LogP contribution in [0.5, 0.6) is 0 Å². The molecule has 2 heterocycles. The average Bonchev–Trinajstić information content (AvgIpc) is 2.59. The summed E-state index contributed by atoms with van der Waals surface area (Å²) >= 11 is 5.33. The molecule has 2 rings (SSSR count). The Kier molecular flexibility index (Phi) is 2.27. The highest BCUT2D eigenvalue weighted by molar-refractivity contribution is 9.11. The number of hydrogen-bond donors (Lipinski definition) is 1. The maximum absolute atomic E-state index is 3.55. The third kappa shape index (κ3) is 1.45. The first-order valence-electron chi connectivity index (χ1n) is 4.22. The van der Waals surface area contributed by atoms with Gasteiger partial charge in [-0.3, -0.25) is 0 Å². The Morgan fingerprint density at radius 3 is 2.92 bits per heavy atom. The van der Waals surface area contributed by atoms with Crippen molar-refractivity contribution in [2.75, 3.05) is 6.54 Å². The molecule has 0 amide bonds. The fraction of sp³-hybridized carbons (Fsp3) is 0.556. The van der Waals surface area contributed by atoms with Gasteiger partial charge < -0.3 is 5.32 Å². The fourth-order valence-electron chi connectivity index (χ4n) is 1.72. The Bertz CT molecular complexity index is 276. The molecule has 1 N–H and O–H groups in total. The van der Waals surface area contributed by atoms with Gasteiger partial charge in [0.15, 0.2) is 0 Å². The zero-order chi connectivity index (χ0) is 8.60. The fourth-order valence-corrected chi connectivity index (χ4v) is 3.25. The van der Waals surface area contributed by atoms with E-state index in [4.69, 9.17) is 0 Å². The van der Waals surface area contributed by atoms with Crippen LogP contribution in [0.25, 0.3) is 0 Å². The minimum absolute atomic E-state index is 0.247. The summed E-state index contributed by atoms with van der Waals surface area (Å²) in [4.78, 5) is 1.45. The highest BCUT2D eigenvalue weighted by Gasteiger charge is 2.30. The standard InChI is InChI=1S/C9H12BrNS/c1-9(5-2-6-11-9)7-3-4-8(10)12-7/h3-4,11H,2,5-6H2,1H3. The Hall–Kier alpha value is 0.140.